The van der Waals surface area contributed by atoms with Gasteiger partial charge in [0.1, 0.15) is 5.69 Å². The van der Waals surface area contributed by atoms with Gasteiger partial charge in [-0.05, 0) is 57.4 Å². The Morgan fingerprint density at radius 2 is 1.97 bits per heavy atom. The Labute approximate surface area is 213 Å². The lowest BCUT2D eigenvalue weighted by Gasteiger charge is -2.39. The van der Waals surface area contributed by atoms with Crippen LogP contribution in [0.1, 0.15) is 64.0 Å². The first-order valence-electron chi connectivity index (χ1n) is 12.0. The van der Waals surface area contributed by atoms with Crippen LogP contribution in [0, 0.1) is 0 Å². The van der Waals surface area contributed by atoms with Gasteiger partial charge in [-0.2, -0.15) is 0 Å². The number of amides is 2. The van der Waals surface area contributed by atoms with Gasteiger partial charge in [0.15, 0.2) is 5.01 Å². The Bertz CT molecular complexity index is 1270. The first-order valence-corrected chi connectivity index (χ1v) is 13.2. The maximum atomic E-state index is 13.1. The van der Waals surface area contributed by atoms with Gasteiger partial charge in [-0.3, -0.25) is 14.5 Å². The number of aromatic nitrogens is 2. The van der Waals surface area contributed by atoms with Crippen LogP contribution in [0.4, 0.5) is 0 Å². The third-order valence-corrected chi connectivity index (χ3v) is 8.46. The number of hydrogen-bond donors (Lipinski definition) is 4. The number of aliphatic hydroxyl groups is 1. The zero-order valence-corrected chi connectivity index (χ0v) is 21.4. The van der Waals surface area contributed by atoms with Gasteiger partial charge in [-0.1, -0.05) is 11.6 Å². The Kier molecular flexibility index (Phi) is 6.61. The van der Waals surface area contributed by atoms with Gasteiger partial charge in [0.2, 0.25) is 0 Å². The van der Waals surface area contributed by atoms with E-state index in [2.05, 4.69) is 25.5 Å². The predicted octanol–water partition coefficient (Wildman–Crippen LogP) is 3.49. The molecule has 0 spiro atoms. The summed E-state index contributed by atoms with van der Waals surface area (Å²) in [5.74, 6) is -0.386. The van der Waals surface area contributed by atoms with E-state index >= 15 is 0 Å². The lowest BCUT2D eigenvalue weighted by atomic mass is 10.0. The quantitative estimate of drug-likeness (QED) is 0.401. The zero-order valence-electron chi connectivity index (χ0n) is 19.9. The van der Waals surface area contributed by atoms with Crippen molar-refractivity contribution in [3.05, 3.63) is 50.6 Å². The van der Waals surface area contributed by atoms with E-state index in [1.807, 2.05) is 26.0 Å². The highest BCUT2D eigenvalue weighted by atomic mass is 35.5. The van der Waals surface area contributed by atoms with Crippen LogP contribution in [0.25, 0.3) is 10.9 Å². The van der Waals surface area contributed by atoms with Crippen molar-refractivity contribution in [2.45, 2.75) is 63.7 Å². The Morgan fingerprint density at radius 3 is 2.71 bits per heavy atom. The molecule has 2 aliphatic rings. The summed E-state index contributed by atoms with van der Waals surface area (Å²) in [4.78, 5) is 37.0. The maximum Gasteiger partial charge on any atom is 0.280 e. The molecule has 1 aliphatic carbocycles. The second kappa shape index (κ2) is 9.54. The van der Waals surface area contributed by atoms with Crippen molar-refractivity contribution in [2.75, 3.05) is 13.2 Å². The molecule has 3 aromatic rings. The number of carbonyl (C=O) groups is 2. The molecule has 5 rings (SSSR count). The van der Waals surface area contributed by atoms with Crippen LogP contribution in [0.2, 0.25) is 5.02 Å². The van der Waals surface area contributed by atoms with Crippen molar-refractivity contribution in [2.24, 2.45) is 0 Å². The number of fused-ring (bicyclic) bond motifs is 2. The number of hydrogen-bond acceptors (Lipinski definition) is 6. The van der Waals surface area contributed by atoms with Crippen LogP contribution >= 0.6 is 22.9 Å². The lowest BCUT2D eigenvalue weighted by Crippen LogP contribution is -2.48. The van der Waals surface area contributed by atoms with Crippen LogP contribution in [-0.2, 0) is 13.0 Å². The summed E-state index contributed by atoms with van der Waals surface area (Å²) in [7, 11) is 0. The number of thiazole rings is 1. The molecular formula is C25H30ClN5O3S. The van der Waals surface area contributed by atoms with E-state index in [9.17, 15) is 14.7 Å². The minimum absolute atomic E-state index is 0.0789. The molecule has 0 radical (unpaired) electrons. The van der Waals surface area contributed by atoms with E-state index < -0.39 is 0 Å². The van der Waals surface area contributed by atoms with Crippen molar-refractivity contribution in [1.29, 1.82) is 0 Å². The fourth-order valence-electron chi connectivity index (χ4n) is 4.92. The number of carbonyl (C=O) groups excluding carboxylic acids is 2. The Balaban J connectivity index is 1.23. The number of halogens is 1. The number of aliphatic hydroxyl groups excluding tert-OH is 1. The molecule has 2 atom stereocenters. The summed E-state index contributed by atoms with van der Waals surface area (Å²) in [6, 6.07) is 6.96. The van der Waals surface area contributed by atoms with E-state index in [1.54, 1.807) is 12.1 Å². The molecule has 186 valence electrons. The highest BCUT2D eigenvalue weighted by Crippen LogP contribution is 2.30. The summed E-state index contributed by atoms with van der Waals surface area (Å²) in [6.07, 6.45) is 3.31. The van der Waals surface area contributed by atoms with E-state index in [-0.39, 0.29) is 36.0 Å². The van der Waals surface area contributed by atoms with Gasteiger partial charge >= 0.3 is 0 Å². The van der Waals surface area contributed by atoms with E-state index in [4.69, 9.17) is 11.6 Å². The largest absolute Gasteiger partial charge is 0.394 e. The van der Waals surface area contributed by atoms with Gasteiger partial charge in [0.05, 0.1) is 12.3 Å². The first-order chi connectivity index (χ1) is 16.7. The third kappa shape index (κ3) is 4.95. The average molecular weight is 516 g/mol. The number of nitrogens with one attached hydrogen (secondary N) is 3. The van der Waals surface area contributed by atoms with Crippen molar-refractivity contribution in [1.82, 2.24) is 25.5 Å². The second-order valence-electron chi connectivity index (χ2n) is 10.0. The van der Waals surface area contributed by atoms with Gasteiger partial charge < -0.3 is 20.7 Å². The molecule has 4 N–H and O–H groups in total. The fourth-order valence-corrected chi connectivity index (χ4v) is 6.12. The Hall–Kier alpha value is -2.46. The zero-order chi connectivity index (χ0) is 24.7. The van der Waals surface area contributed by atoms with Gasteiger partial charge in [-0.25, -0.2) is 4.98 Å². The maximum absolute atomic E-state index is 13.1. The third-order valence-electron chi connectivity index (χ3n) is 7.14. The molecule has 2 amide bonds. The highest BCUT2D eigenvalue weighted by Gasteiger charge is 2.34. The molecule has 2 aromatic heterocycles. The normalized spacial score (nSPS) is 20.7. The van der Waals surface area contributed by atoms with E-state index in [0.717, 1.165) is 53.7 Å². The molecular weight excluding hydrogens is 486 g/mol. The number of aromatic amines is 1. The molecule has 10 heteroatoms. The molecule has 1 aliphatic heterocycles. The summed E-state index contributed by atoms with van der Waals surface area (Å²) in [6.45, 7) is 5.61. The summed E-state index contributed by atoms with van der Waals surface area (Å²) < 4.78 is 0. The molecule has 3 heterocycles. The summed E-state index contributed by atoms with van der Waals surface area (Å²) >= 11 is 7.48. The minimum atomic E-state index is -0.309. The van der Waals surface area contributed by atoms with Gasteiger partial charge in [0, 0.05) is 57.9 Å². The van der Waals surface area contributed by atoms with Crippen molar-refractivity contribution in [3.63, 3.8) is 0 Å². The molecule has 0 saturated heterocycles. The van der Waals surface area contributed by atoms with E-state index in [1.165, 1.54) is 11.3 Å². The molecule has 1 saturated carbocycles. The number of H-pyrrole nitrogens is 1. The molecule has 35 heavy (non-hydrogen) atoms. The molecule has 1 fully saturated rings. The van der Waals surface area contributed by atoms with Crippen molar-refractivity contribution < 1.29 is 14.7 Å². The second-order valence-corrected chi connectivity index (χ2v) is 11.6. The molecule has 8 nitrogen and oxygen atoms in total. The summed E-state index contributed by atoms with van der Waals surface area (Å²) in [5, 5.41) is 17.9. The monoisotopic (exact) mass is 515 g/mol. The SMILES string of the molecule is CC(C)(CO)N1CCc2nc(C(=O)N[C@@H]3CCC[C@H]3NC(=O)c3cc4cc(Cl)ccc4[nH]3)sc2C1. The van der Waals surface area contributed by atoms with E-state index in [0.29, 0.717) is 22.3 Å². The van der Waals surface area contributed by atoms with Crippen LogP contribution in [0.5, 0.6) is 0 Å². The molecule has 1 aromatic carbocycles. The smallest absolute Gasteiger partial charge is 0.280 e. The van der Waals surface area contributed by atoms with Crippen molar-refractivity contribution >= 4 is 45.7 Å². The standard InChI is InChI=1S/C25H30ClN5O3S/c1-25(2,13-32)31-9-8-19-21(12-31)35-24(30-19)23(34)29-18-5-3-4-17(18)28-22(33)20-11-14-10-15(26)6-7-16(14)27-20/h6-7,10-11,17-18,27,32H,3-5,8-9,12-13H2,1-2H3,(H,28,33)(H,29,34)/t17-,18-/m1/s1. The predicted molar refractivity (Wildman–Crippen MR) is 137 cm³/mol. The van der Waals surface area contributed by atoms with Crippen LogP contribution < -0.4 is 10.6 Å². The number of rotatable bonds is 6. The average Bonchev–Trinajstić information content (AvgIpc) is 3.56. The fraction of sp³-hybridized carbons (Fsp3) is 0.480. The van der Waals surface area contributed by atoms with Gasteiger partial charge in [-0.15, -0.1) is 11.3 Å². The van der Waals surface area contributed by atoms with Crippen molar-refractivity contribution in [3.8, 4) is 0 Å². The van der Waals surface area contributed by atoms with Crippen LogP contribution in [0.15, 0.2) is 24.3 Å². The first kappa shape index (κ1) is 24.2. The van der Waals surface area contributed by atoms with Crippen LogP contribution in [-0.4, -0.2) is 62.6 Å². The van der Waals surface area contributed by atoms with Gasteiger partial charge in [0.25, 0.3) is 11.8 Å². The molecule has 0 unspecified atom stereocenters. The minimum Gasteiger partial charge on any atom is -0.394 e. The number of nitrogens with zero attached hydrogens (tertiary/aromatic N) is 2. The van der Waals surface area contributed by atoms with Crippen LogP contribution in [0.3, 0.4) is 0 Å². The Morgan fingerprint density at radius 1 is 1.23 bits per heavy atom. The molecule has 0 bridgehead atoms. The number of benzene rings is 1. The lowest BCUT2D eigenvalue weighted by molar-refractivity contribution is 0.0471. The highest BCUT2D eigenvalue weighted by molar-refractivity contribution is 7.13. The summed E-state index contributed by atoms with van der Waals surface area (Å²) in [5.41, 5.74) is 1.99. The topological polar surface area (TPSA) is 110 Å².